The van der Waals surface area contributed by atoms with E-state index in [-0.39, 0.29) is 35.6 Å². The molecule has 2 aliphatic rings. The largest absolute Gasteiger partial charge is 0.351 e. The van der Waals surface area contributed by atoms with Crippen molar-refractivity contribution < 1.29 is 14.0 Å². The Morgan fingerprint density at radius 3 is 2.96 bits per heavy atom. The highest BCUT2D eigenvalue weighted by Gasteiger charge is 2.45. The molecule has 2 fully saturated rings. The predicted molar refractivity (Wildman–Crippen MR) is 101 cm³/mol. The Hall–Kier alpha value is -2.83. The molecule has 2 aliphatic heterocycles. The zero-order valence-electron chi connectivity index (χ0n) is 15.8. The minimum absolute atomic E-state index is 0.00960. The maximum Gasteiger partial charge on any atom is 0.257 e. The van der Waals surface area contributed by atoms with Gasteiger partial charge in [-0.3, -0.25) is 9.59 Å². The van der Waals surface area contributed by atoms with Gasteiger partial charge in [0, 0.05) is 25.1 Å². The Kier molecular flexibility index (Phi) is 5.07. The number of amides is 2. The monoisotopic (exact) mass is 382 g/mol. The molecule has 2 saturated heterocycles. The Morgan fingerprint density at radius 2 is 2.18 bits per heavy atom. The molecule has 1 N–H and O–H groups in total. The van der Waals surface area contributed by atoms with Crippen LogP contribution in [0.5, 0.6) is 0 Å². The van der Waals surface area contributed by atoms with Gasteiger partial charge in [0.05, 0.1) is 23.3 Å². The van der Waals surface area contributed by atoms with Crippen molar-refractivity contribution in [3.05, 3.63) is 59.4 Å². The summed E-state index contributed by atoms with van der Waals surface area (Å²) in [5.41, 5.74) is 1.89. The summed E-state index contributed by atoms with van der Waals surface area (Å²) in [5.74, 6) is -0.619. The first-order chi connectivity index (χ1) is 13.5. The van der Waals surface area contributed by atoms with E-state index in [1.54, 1.807) is 13.0 Å². The second kappa shape index (κ2) is 7.66. The molecule has 4 rings (SSSR count). The van der Waals surface area contributed by atoms with Gasteiger partial charge in [-0.1, -0.05) is 18.6 Å². The van der Waals surface area contributed by atoms with Crippen LogP contribution in [-0.2, 0) is 4.79 Å². The van der Waals surface area contributed by atoms with E-state index in [2.05, 4.69) is 15.3 Å². The number of aromatic nitrogens is 2. The minimum atomic E-state index is -0.316. The van der Waals surface area contributed by atoms with Crippen molar-refractivity contribution in [1.29, 1.82) is 0 Å². The number of carbonyl (C=O) groups is 2. The first-order valence-electron chi connectivity index (χ1n) is 9.67. The fraction of sp³-hybridized carbons (Fsp3) is 0.429. The number of nitrogens with zero attached hydrogens (tertiary/aromatic N) is 3. The lowest BCUT2D eigenvalue weighted by atomic mass is 9.88. The van der Waals surface area contributed by atoms with Crippen molar-refractivity contribution in [1.82, 2.24) is 20.2 Å². The molecule has 2 aromatic rings. The van der Waals surface area contributed by atoms with E-state index in [0.717, 1.165) is 24.8 Å². The second-order valence-electron chi connectivity index (χ2n) is 7.55. The van der Waals surface area contributed by atoms with E-state index in [4.69, 9.17) is 0 Å². The van der Waals surface area contributed by atoms with Gasteiger partial charge >= 0.3 is 0 Å². The van der Waals surface area contributed by atoms with Gasteiger partial charge in [-0.25, -0.2) is 14.4 Å². The van der Waals surface area contributed by atoms with Gasteiger partial charge in [0.25, 0.3) is 5.91 Å². The summed E-state index contributed by atoms with van der Waals surface area (Å²) in [4.78, 5) is 35.6. The van der Waals surface area contributed by atoms with Crippen LogP contribution in [-0.4, -0.2) is 45.3 Å². The van der Waals surface area contributed by atoms with Gasteiger partial charge < -0.3 is 10.2 Å². The highest BCUT2D eigenvalue weighted by Crippen LogP contribution is 2.36. The summed E-state index contributed by atoms with van der Waals surface area (Å²) in [6.45, 7) is 2.21. The van der Waals surface area contributed by atoms with Gasteiger partial charge in [0.15, 0.2) is 0 Å². The standard InChI is InChI=1S/C21H23FN4O2/c1-13-16(10-23-12-24-13)21(28)26-11-17(14-5-4-6-15(22)9-14)20-18(26)7-2-3-8-19(27)25-20/h4-6,9-10,12,17-18,20H,2-3,7-8,11H2,1H3,(H,25,27)/t17-,18+,20-/m0/s1. The first kappa shape index (κ1) is 18.5. The number of hydrogen-bond donors (Lipinski definition) is 1. The van der Waals surface area contributed by atoms with Crippen LogP contribution < -0.4 is 5.32 Å². The average molecular weight is 382 g/mol. The van der Waals surface area contributed by atoms with Crippen molar-refractivity contribution in [2.24, 2.45) is 0 Å². The molecular formula is C21H23FN4O2. The van der Waals surface area contributed by atoms with Gasteiger partial charge in [0.2, 0.25) is 5.91 Å². The van der Waals surface area contributed by atoms with Crippen LogP contribution in [0.2, 0.25) is 0 Å². The molecule has 1 aromatic heterocycles. The van der Waals surface area contributed by atoms with Gasteiger partial charge in [0.1, 0.15) is 12.1 Å². The van der Waals surface area contributed by atoms with Gasteiger partial charge in [-0.05, 0) is 37.5 Å². The van der Waals surface area contributed by atoms with Crippen LogP contribution in [0.1, 0.15) is 53.2 Å². The van der Waals surface area contributed by atoms with Crippen LogP contribution in [0, 0.1) is 12.7 Å². The van der Waals surface area contributed by atoms with Crippen molar-refractivity contribution >= 4 is 11.8 Å². The maximum atomic E-state index is 13.9. The predicted octanol–water partition coefficient (Wildman–Crippen LogP) is 2.59. The third-order valence-electron chi connectivity index (χ3n) is 5.80. The number of benzene rings is 1. The van der Waals surface area contributed by atoms with E-state index in [1.807, 2.05) is 11.0 Å². The summed E-state index contributed by atoms with van der Waals surface area (Å²) < 4.78 is 13.9. The van der Waals surface area contributed by atoms with E-state index in [9.17, 15) is 14.0 Å². The zero-order valence-corrected chi connectivity index (χ0v) is 15.8. The Morgan fingerprint density at radius 1 is 1.32 bits per heavy atom. The molecular weight excluding hydrogens is 359 g/mol. The summed E-state index contributed by atoms with van der Waals surface area (Å²) in [6.07, 6.45) is 5.92. The zero-order chi connectivity index (χ0) is 19.7. The Labute approximate surface area is 163 Å². The Balaban J connectivity index is 1.71. The molecule has 0 aliphatic carbocycles. The highest BCUT2D eigenvalue weighted by atomic mass is 19.1. The number of likely N-dealkylation sites (tertiary alicyclic amines) is 1. The number of halogens is 1. The third kappa shape index (κ3) is 3.48. The van der Waals surface area contributed by atoms with Crippen LogP contribution in [0.4, 0.5) is 4.39 Å². The van der Waals surface area contributed by atoms with Crippen molar-refractivity contribution in [3.8, 4) is 0 Å². The van der Waals surface area contributed by atoms with E-state index in [0.29, 0.717) is 24.2 Å². The fourth-order valence-electron chi connectivity index (χ4n) is 4.39. The summed E-state index contributed by atoms with van der Waals surface area (Å²) in [7, 11) is 0. The van der Waals surface area contributed by atoms with Crippen molar-refractivity contribution in [3.63, 3.8) is 0 Å². The lowest BCUT2D eigenvalue weighted by Gasteiger charge is -2.31. The quantitative estimate of drug-likeness (QED) is 0.866. The molecule has 0 unspecified atom stereocenters. The van der Waals surface area contributed by atoms with Gasteiger partial charge in [-0.2, -0.15) is 0 Å². The van der Waals surface area contributed by atoms with Crippen LogP contribution in [0.3, 0.4) is 0 Å². The molecule has 1 aromatic carbocycles. The molecule has 2 amide bonds. The maximum absolute atomic E-state index is 13.9. The van der Waals surface area contributed by atoms with Crippen LogP contribution in [0.25, 0.3) is 0 Å². The number of fused-ring (bicyclic) bond motifs is 1. The highest BCUT2D eigenvalue weighted by molar-refractivity contribution is 5.95. The molecule has 3 atom stereocenters. The molecule has 7 heteroatoms. The number of nitrogens with one attached hydrogen (secondary N) is 1. The van der Waals surface area contributed by atoms with Crippen LogP contribution >= 0.6 is 0 Å². The lowest BCUT2D eigenvalue weighted by molar-refractivity contribution is -0.122. The average Bonchev–Trinajstić information content (AvgIpc) is 3.01. The number of hydrogen-bond acceptors (Lipinski definition) is 4. The number of aryl methyl sites for hydroxylation is 1. The van der Waals surface area contributed by atoms with Crippen molar-refractivity contribution in [2.75, 3.05) is 6.54 Å². The van der Waals surface area contributed by atoms with Gasteiger partial charge in [-0.15, -0.1) is 0 Å². The lowest BCUT2D eigenvalue weighted by Crippen LogP contribution is -2.49. The van der Waals surface area contributed by atoms with E-state index in [1.165, 1.54) is 24.7 Å². The summed E-state index contributed by atoms with van der Waals surface area (Å²) in [5, 5.41) is 3.11. The number of carbonyl (C=O) groups excluding carboxylic acids is 2. The molecule has 6 nitrogen and oxygen atoms in total. The molecule has 0 saturated carbocycles. The minimum Gasteiger partial charge on any atom is -0.351 e. The van der Waals surface area contributed by atoms with Crippen molar-refractivity contribution in [2.45, 2.75) is 50.6 Å². The molecule has 0 spiro atoms. The Bertz CT molecular complexity index is 903. The normalized spacial score (nSPS) is 24.9. The smallest absolute Gasteiger partial charge is 0.257 e. The number of rotatable bonds is 2. The van der Waals surface area contributed by atoms with Crippen LogP contribution in [0.15, 0.2) is 36.8 Å². The molecule has 28 heavy (non-hydrogen) atoms. The third-order valence-corrected chi connectivity index (χ3v) is 5.80. The molecule has 3 heterocycles. The molecule has 0 radical (unpaired) electrons. The summed E-state index contributed by atoms with van der Waals surface area (Å²) >= 11 is 0. The summed E-state index contributed by atoms with van der Waals surface area (Å²) in [6, 6.07) is 6.07. The first-order valence-corrected chi connectivity index (χ1v) is 9.67. The molecule has 0 bridgehead atoms. The van der Waals surface area contributed by atoms with E-state index >= 15 is 0 Å². The SMILES string of the molecule is Cc1ncncc1C(=O)N1C[C@@H](c2cccc(F)c2)[C@@H]2NC(=O)CCCC[C@H]21. The van der Waals surface area contributed by atoms with E-state index < -0.39 is 0 Å². The molecule has 146 valence electrons. The fourth-order valence-corrected chi connectivity index (χ4v) is 4.39. The second-order valence-corrected chi connectivity index (χ2v) is 7.55. The topological polar surface area (TPSA) is 75.2 Å².